The van der Waals surface area contributed by atoms with E-state index in [1.165, 1.54) is 32.1 Å². The first-order valence-electron chi connectivity index (χ1n) is 6.10. The van der Waals surface area contributed by atoms with Crippen LogP contribution < -0.4 is 5.32 Å². The topological polar surface area (TPSA) is 12.0 Å². The van der Waals surface area contributed by atoms with Gasteiger partial charge in [-0.3, -0.25) is 0 Å². The molecule has 1 atom stereocenters. The molecule has 1 N–H and O–H groups in total. The van der Waals surface area contributed by atoms with E-state index in [4.69, 9.17) is 0 Å². The van der Waals surface area contributed by atoms with Gasteiger partial charge in [0.1, 0.15) is 0 Å². The first kappa shape index (κ1) is 11.2. The monoisotopic (exact) mass is 223 g/mol. The summed E-state index contributed by atoms with van der Waals surface area (Å²) in [4.78, 5) is 1.68. The Morgan fingerprint density at radius 2 is 2.33 bits per heavy atom. The fraction of sp³-hybridized carbons (Fsp3) is 0.692. The van der Waals surface area contributed by atoms with Crippen LogP contribution >= 0.6 is 11.3 Å². The summed E-state index contributed by atoms with van der Waals surface area (Å²) in [5, 5.41) is 5.73. The third-order valence-corrected chi connectivity index (χ3v) is 4.68. The molecule has 1 unspecified atom stereocenters. The third-order valence-electron chi connectivity index (χ3n) is 3.44. The quantitative estimate of drug-likeness (QED) is 0.775. The number of rotatable bonds is 3. The summed E-state index contributed by atoms with van der Waals surface area (Å²) >= 11 is 2.00. The van der Waals surface area contributed by atoms with Gasteiger partial charge >= 0.3 is 0 Å². The molecule has 0 aliphatic heterocycles. The van der Waals surface area contributed by atoms with E-state index in [1.807, 2.05) is 11.3 Å². The minimum Gasteiger partial charge on any atom is -0.319 e. The van der Waals surface area contributed by atoms with Gasteiger partial charge in [0.05, 0.1) is 0 Å². The molecule has 2 heteroatoms. The molecule has 0 bridgehead atoms. The summed E-state index contributed by atoms with van der Waals surface area (Å²) in [6.07, 6.45) is 6.69. The fourth-order valence-corrected chi connectivity index (χ4v) is 3.97. The van der Waals surface area contributed by atoms with Crippen molar-refractivity contribution in [1.29, 1.82) is 0 Å². The maximum Gasteiger partial charge on any atom is 0.0124 e. The second-order valence-electron chi connectivity index (χ2n) is 4.46. The minimum atomic E-state index is 0.776. The average molecular weight is 223 g/mol. The van der Waals surface area contributed by atoms with Crippen molar-refractivity contribution in [3.63, 3.8) is 0 Å². The highest BCUT2D eigenvalue weighted by Gasteiger charge is 2.21. The molecule has 15 heavy (non-hydrogen) atoms. The number of likely N-dealkylation sites (N-methyl/N-ethyl adjacent to an activating group) is 1. The van der Waals surface area contributed by atoms with Crippen LogP contribution in [0.3, 0.4) is 0 Å². The number of aryl methyl sites for hydroxylation is 1. The molecule has 1 aliphatic rings. The highest BCUT2D eigenvalue weighted by Crippen LogP contribution is 2.36. The molecule has 0 spiro atoms. The van der Waals surface area contributed by atoms with Gasteiger partial charge in [-0.15, -0.1) is 11.3 Å². The molecule has 1 nitrogen and oxygen atoms in total. The van der Waals surface area contributed by atoms with E-state index in [-0.39, 0.29) is 0 Å². The van der Waals surface area contributed by atoms with E-state index >= 15 is 0 Å². The van der Waals surface area contributed by atoms with Gasteiger partial charge in [0.15, 0.2) is 0 Å². The predicted molar refractivity (Wildman–Crippen MR) is 67.9 cm³/mol. The molecule has 0 aromatic carbocycles. The van der Waals surface area contributed by atoms with Crippen molar-refractivity contribution >= 4 is 11.3 Å². The van der Waals surface area contributed by atoms with Crippen molar-refractivity contribution in [2.24, 2.45) is 0 Å². The lowest BCUT2D eigenvalue weighted by atomic mass is 9.99. The summed E-state index contributed by atoms with van der Waals surface area (Å²) in [6.45, 7) is 3.43. The van der Waals surface area contributed by atoms with E-state index in [2.05, 4.69) is 24.7 Å². The number of thiophene rings is 1. The first-order chi connectivity index (χ1) is 7.36. The maximum absolute atomic E-state index is 3.34. The molecule has 0 saturated carbocycles. The molecular weight excluding hydrogens is 202 g/mol. The van der Waals surface area contributed by atoms with Crippen molar-refractivity contribution in [3.05, 3.63) is 21.4 Å². The van der Waals surface area contributed by atoms with Crippen molar-refractivity contribution in [2.75, 3.05) is 13.6 Å². The lowest BCUT2D eigenvalue weighted by molar-refractivity contribution is 0.571. The molecule has 1 heterocycles. The number of fused-ring (bicyclic) bond motifs is 1. The van der Waals surface area contributed by atoms with E-state index in [9.17, 15) is 0 Å². The van der Waals surface area contributed by atoms with E-state index < -0.39 is 0 Å². The van der Waals surface area contributed by atoms with Crippen molar-refractivity contribution < 1.29 is 0 Å². The van der Waals surface area contributed by atoms with Crippen LogP contribution in [0.4, 0.5) is 0 Å². The average Bonchev–Trinajstić information content (AvgIpc) is 2.56. The Morgan fingerprint density at radius 1 is 1.47 bits per heavy atom. The summed E-state index contributed by atoms with van der Waals surface area (Å²) in [7, 11) is 2.07. The van der Waals surface area contributed by atoms with E-state index in [0.717, 1.165) is 12.5 Å². The Morgan fingerprint density at radius 3 is 3.07 bits per heavy atom. The Balaban J connectivity index is 2.28. The fourth-order valence-electron chi connectivity index (χ4n) is 2.62. The SMILES string of the molecule is CCc1csc2c1CCCCC2CNC. The number of hydrogen-bond acceptors (Lipinski definition) is 2. The molecule has 1 aromatic rings. The van der Waals surface area contributed by atoms with E-state index in [1.54, 1.807) is 16.0 Å². The Hall–Kier alpha value is -0.340. The standard InChI is InChI=1S/C13H21NS/c1-3-10-9-15-13-11(8-14-2)6-4-5-7-12(10)13/h9,11,14H,3-8H2,1-2H3. The summed E-state index contributed by atoms with van der Waals surface area (Å²) in [5.74, 6) is 0.776. The number of hydrogen-bond donors (Lipinski definition) is 1. The van der Waals surface area contributed by atoms with Gasteiger partial charge in [0, 0.05) is 17.3 Å². The second-order valence-corrected chi connectivity index (χ2v) is 5.37. The van der Waals surface area contributed by atoms with E-state index in [0.29, 0.717) is 0 Å². The zero-order valence-electron chi connectivity index (χ0n) is 9.81. The van der Waals surface area contributed by atoms with Gasteiger partial charge in [0.25, 0.3) is 0 Å². The van der Waals surface area contributed by atoms with Crippen LogP contribution in [0.25, 0.3) is 0 Å². The van der Waals surface area contributed by atoms with Crippen LogP contribution in [0.15, 0.2) is 5.38 Å². The molecular formula is C13H21NS. The third kappa shape index (κ3) is 2.26. The smallest absolute Gasteiger partial charge is 0.0124 e. The highest BCUT2D eigenvalue weighted by atomic mass is 32.1. The zero-order chi connectivity index (χ0) is 10.7. The molecule has 84 valence electrons. The van der Waals surface area contributed by atoms with Crippen LogP contribution in [-0.4, -0.2) is 13.6 Å². The molecule has 1 aliphatic carbocycles. The van der Waals surface area contributed by atoms with Crippen molar-refractivity contribution in [2.45, 2.75) is 44.9 Å². The molecule has 1 aromatic heterocycles. The minimum absolute atomic E-state index is 0.776. The Bertz CT molecular complexity index is 316. The summed E-state index contributed by atoms with van der Waals surface area (Å²) in [6, 6.07) is 0. The van der Waals surface area contributed by atoms with Crippen molar-refractivity contribution in [1.82, 2.24) is 5.32 Å². The van der Waals surface area contributed by atoms with Crippen LogP contribution in [-0.2, 0) is 12.8 Å². The number of nitrogens with one attached hydrogen (secondary N) is 1. The van der Waals surface area contributed by atoms with Crippen LogP contribution in [0.1, 0.15) is 48.1 Å². The largest absolute Gasteiger partial charge is 0.319 e. The highest BCUT2D eigenvalue weighted by molar-refractivity contribution is 7.10. The predicted octanol–water partition coefficient (Wildman–Crippen LogP) is 3.34. The Kier molecular flexibility index (Phi) is 3.81. The van der Waals surface area contributed by atoms with Crippen LogP contribution in [0.5, 0.6) is 0 Å². The molecule has 0 amide bonds. The zero-order valence-corrected chi connectivity index (χ0v) is 10.6. The van der Waals surface area contributed by atoms with Crippen LogP contribution in [0.2, 0.25) is 0 Å². The van der Waals surface area contributed by atoms with Gasteiger partial charge in [-0.05, 0) is 49.2 Å². The normalized spacial score (nSPS) is 21.1. The lowest BCUT2D eigenvalue weighted by Crippen LogP contribution is -2.16. The van der Waals surface area contributed by atoms with Gasteiger partial charge in [0.2, 0.25) is 0 Å². The molecule has 0 saturated heterocycles. The lowest BCUT2D eigenvalue weighted by Gasteiger charge is -2.13. The maximum atomic E-state index is 3.34. The van der Waals surface area contributed by atoms with Gasteiger partial charge in [-0.1, -0.05) is 13.3 Å². The second kappa shape index (κ2) is 5.13. The van der Waals surface area contributed by atoms with Gasteiger partial charge in [-0.25, -0.2) is 0 Å². The van der Waals surface area contributed by atoms with Gasteiger partial charge in [-0.2, -0.15) is 0 Å². The Labute approximate surface area is 96.9 Å². The molecule has 0 fully saturated rings. The molecule has 0 radical (unpaired) electrons. The summed E-state index contributed by atoms with van der Waals surface area (Å²) < 4.78 is 0. The van der Waals surface area contributed by atoms with Gasteiger partial charge < -0.3 is 5.32 Å². The summed E-state index contributed by atoms with van der Waals surface area (Å²) in [5.41, 5.74) is 3.30. The van der Waals surface area contributed by atoms with Crippen LogP contribution in [0, 0.1) is 0 Å². The van der Waals surface area contributed by atoms with Crippen molar-refractivity contribution in [3.8, 4) is 0 Å². The first-order valence-corrected chi connectivity index (χ1v) is 6.98. The molecule has 2 rings (SSSR count).